The summed E-state index contributed by atoms with van der Waals surface area (Å²) in [6, 6.07) is 27.4. The Labute approximate surface area is 214 Å². The van der Waals surface area contributed by atoms with Crippen LogP contribution in [0.1, 0.15) is 27.0 Å². The highest BCUT2D eigenvalue weighted by atomic mass is 16.5. The molecule has 0 fully saturated rings. The second kappa shape index (κ2) is 14.5. The standard InChI is InChI=1S/C14H13NO3.C14H12O3.H3NO/c1-18-11-7-8-12(13(16)9-11)14(15-17)10-5-3-2-4-6-10;1-17-11-7-8-12(13(15)9-11)14(16)10-5-3-2-4-6-10;1-2/h2-9,16-17H,1H3;2-9,15H,1H3;2H,1H2/b15-14+;;. The van der Waals surface area contributed by atoms with Gasteiger partial charge in [0.15, 0.2) is 5.78 Å². The lowest BCUT2D eigenvalue weighted by atomic mass is 10.0. The van der Waals surface area contributed by atoms with Crippen LogP contribution < -0.4 is 15.4 Å². The van der Waals surface area contributed by atoms with Gasteiger partial charge >= 0.3 is 0 Å². The predicted octanol–water partition coefficient (Wildman–Crippen LogP) is 4.59. The number of phenols is 2. The second-order valence-corrected chi connectivity index (χ2v) is 7.28. The molecule has 9 nitrogen and oxygen atoms in total. The van der Waals surface area contributed by atoms with Crippen LogP contribution in [-0.2, 0) is 0 Å². The van der Waals surface area contributed by atoms with Crippen LogP contribution in [0.2, 0.25) is 0 Å². The smallest absolute Gasteiger partial charge is 0.196 e. The molecule has 6 N–H and O–H groups in total. The van der Waals surface area contributed by atoms with Crippen LogP contribution in [0.5, 0.6) is 23.0 Å². The molecule has 0 atom stereocenters. The lowest BCUT2D eigenvalue weighted by molar-refractivity contribution is 0.103. The molecule has 0 saturated carbocycles. The number of hydrogen-bond acceptors (Lipinski definition) is 9. The Morgan fingerprint density at radius 2 is 1.11 bits per heavy atom. The van der Waals surface area contributed by atoms with Crippen molar-refractivity contribution in [3.05, 3.63) is 119 Å². The van der Waals surface area contributed by atoms with Crippen LogP contribution in [0.25, 0.3) is 0 Å². The molecule has 192 valence electrons. The third kappa shape index (κ3) is 7.56. The largest absolute Gasteiger partial charge is 0.507 e. The predicted molar refractivity (Wildman–Crippen MR) is 139 cm³/mol. The highest BCUT2D eigenvalue weighted by Gasteiger charge is 2.14. The van der Waals surface area contributed by atoms with Gasteiger partial charge in [-0.2, -0.15) is 0 Å². The number of nitrogens with zero attached hydrogens (tertiary/aromatic N) is 1. The molecule has 0 aliphatic rings. The summed E-state index contributed by atoms with van der Waals surface area (Å²) in [5.74, 6) is 4.30. The van der Waals surface area contributed by atoms with Gasteiger partial charge in [-0.05, 0) is 24.3 Å². The van der Waals surface area contributed by atoms with Gasteiger partial charge in [0.1, 0.15) is 28.7 Å². The number of aromatic hydroxyl groups is 2. The number of phenolic OH excluding ortho intramolecular Hbond substituents is 2. The van der Waals surface area contributed by atoms with E-state index in [1.165, 1.54) is 26.4 Å². The topological polar surface area (TPSA) is 155 Å². The van der Waals surface area contributed by atoms with Gasteiger partial charge in [-0.25, -0.2) is 5.90 Å². The number of hydrogen-bond donors (Lipinski definition) is 5. The first-order chi connectivity index (χ1) is 18.0. The number of ketones is 1. The fourth-order valence-corrected chi connectivity index (χ4v) is 3.28. The van der Waals surface area contributed by atoms with Crippen molar-refractivity contribution in [2.24, 2.45) is 11.1 Å². The van der Waals surface area contributed by atoms with Crippen LogP contribution in [0.15, 0.2) is 102 Å². The summed E-state index contributed by atoms with van der Waals surface area (Å²) in [6.07, 6.45) is 0. The van der Waals surface area contributed by atoms with Crippen LogP contribution >= 0.6 is 0 Å². The summed E-state index contributed by atoms with van der Waals surface area (Å²) in [7, 11) is 3.03. The Kier molecular flexibility index (Phi) is 11.1. The van der Waals surface area contributed by atoms with E-state index in [0.717, 1.165) is 5.56 Å². The summed E-state index contributed by atoms with van der Waals surface area (Å²) in [5, 5.41) is 38.6. The van der Waals surface area contributed by atoms with Gasteiger partial charge in [-0.3, -0.25) is 4.79 Å². The monoisotopic (exact) mass is 504 g/mol. The van der Waals surface area contributed by atoms with Crippen molar-refractivity contribution in [3.63, 3.8) is 0 Å². The molecule has 0 aliphatic heterocycles. The van der Waals surface area contributed by atoms with E-state index in [1.807, 2.05) is 24.3 Å². The van der Waals surface area contributed by atoms with Crippen molar-refractivity contribution in [3.8, 4) is 23.0 Å². The molecule has 4 aromatic rings. The Bertz CT molecular complexity index is 1310. The zero-order valence-electron chi connectivity index (χ0n) is 20.3. The van der Waals surface area contributed by atoms with E-state index in [4.69, 9.17) is 19.9 Å². The van der Waals surface area contributed by atoms with Gasteiger partial charge < -0.3 is 30.1 Å². The van der Waals surface area contributed by atoms with Gasteiger partial charge in [-0.1, -0.05) is 65.8 Å². The molecule has 0 bridgehead atoms. The van der Waals surface area contributed by atoms with Crippen LogP contribution in [-0.4, -0.2) is 46.3 Å². The Morgan fingerprint density at radius 1 is 0.676 bits per heavy atom. The third-order valence-corrected chi connectivity index (χ3v) is 5.09. The average molecular weight is 505 g/mol. The minimum absolute atomic E-state index is 0.00556. The lowest BCUT2D eigenvalue weighted by Gasteiger charge is -2.08. The van der Waals surface area contributed by atoms with Crippen molar-refractivity contribution in [1.82, 2.24) is 0 Å². The molecular formula is C28H28N2O7. The maximum absolute atomic E-state index is 12.1. The van der Waals surface area contributed by atoms with E-state index in [0.29, 0.717) is 28.3 Å². The Hall–Kier alpha value is -4.86. The third-order valence-electron chi connectivity index (χ3n) is 5.09. The molecule has 0 amide bonds. The fraction of sp³-hybridized carbons (Fsp3) is 0.0714. The zero-order valence-corrected chi connectivity index (χ0v) is 20.3. The first-order valence-electron chi connectivity index (χ1n) is 10.9. The summed E-state index contributed by atoms with van der Waals surface area (Å²) in [5.41, 5.74) is 2.31. The molecule has 4 aromatic carbocycles. The van der Waals surface area contributed by atoms with Gasteiger partial charge in [0.2, 0.25) is 0 Å². The molecule has 0 spiro atoms. The summed E-state index contributed by atoms with van der Waals surface area (Å²) < 4.78 is 9.97. The van der Waals surface area contributed by atoms with Crippen LogP contribution in [0.3, 0.4) is 0 Å². The lowest BCUT2D eigenvalue weighted by Crippen LogP contribution is -2.03. The number of nitrogens with two attached hydrogens (primary N) is 1. The van der Waals surface area contributed by atoms with Crippen molar-refractivity contribution in [1.29, 1.82) is 0 Å². The second-order valence-electron chi connectivity index (χ2n) is 7.28. The fourth-order valence-electron chi connectivity index (χ4n) is 3.28. The quantitative estimate of drug-likeness (QED) is 0.110. The molecular weight excluding hydrogens is 476 g/mol. The molecule has 4 rings (SSSR count). The molecule has 0 saturated heterocycles. The van der Waals surface area contributed by atoms with E-state index in [1.54, 1.807) is 60.7 Å². The van der Waals surface area contributed by atoms with Crippen molar-refractivity contribution >= 4 is 11.5 Å². The summed E-state index contributed by atoms with van der Waals surface area (Å²) in [4.78, 5) is 12.1. The van der Waals surface area contributed by atoms with Crippen LogP contribution in [0.4, 0.5) is 0 Å². The van der Waals surface area contributed by atoms with Gasteiger partial charge in [0, 0.05) is 28.8 Å². The minimum Gasteiger partial charge on any atom is -0.507 e. The maximum atomic E-state index is 12.1. The van der Waals surface area contributed by atoms with E-state index in [9.17, 15) is 15.0 Å². The number of benzene rings is 4. The van der Waals surface area contributed by atoms with Crippen molar-refractivity contribution in [2.75, 3.05) is 14.2 Å². The normalized spacial score (nSPS) is 10.2. The van der Waals surface area contributed by atoms with Gasteiger partial charge in [0.25, 0.3) is 0 Å². The molecule has 0 aromatic heterocycles. The number of methoxy groups -OCH3 is 2. The Balaban J connectivity index is 0.000000244. The number of ether oxygens (including phenoxy) is 2. The Morgan fingerprint density at radius 3 is 1.51 bits per heavy atom. The zero-order chi connectivity index (χ0) is 27.2. The molecule has 0 radical (unpaired) electrons. The van der Waals surface area contributed by atoms with Crippen molar-refractivity contribution in [2.45, 2.75) is 0 Å². The number of oxime groups is 1. The molecule has 37 heavy (non-hydrogen) atoms. The first kappa shape index (κ1) is 28.4. The van der Waals surface area contributed by atoms with E-state index >= 15 is 0 Å². The summed E-state index contributed by atoms with van der Waals surface area (Å²) in [6.45, 7) is 0. The SMILES string of the molecule is COc1ccc(/C(=N/O)c2ccccc2)c(O)c1.COc1ccc(C(=O)c2ccccc2)c(O)c1.NO. The maximum Gasteiger partial charge on any atom is 0.196 e. The first-order valence-corrected chi connectivity index (χ1v) is 10.9. The molecule has 0 heterocycles. The molecule has 9 heteroatoms. The van der Waals surface area contributed by atoms with Gasteiger partial charge in [-0.15, -0.1) is 0 Å². The summed E-state index contributed by atoms with van der Waals surface area (Å²) >= 11 is 0. The van der Waals surface area contributed by atoms with E-state index in [-0.39, 0.29) is 22.8 Å². The number of carbonyl (C=O) groups excluding carboxylic acids is 1. The average Bonchev–Trinajstić information content (AvgIpc) is 2.96. The van der Waals surface area contributed by atoms with E-state index < -0.39 is 0 Å². The number of carbonyl (C=O) groups is 1. The molecule has 0 aliphatic carbocycles. The highest BCUT2D eigenvalue weighted by Crippen LogP contribution is 2.27. The minimum atomic E-state index is -0.203. The van der Waals surface area contributed by atoms with E-state index in [2.05, 4.69) is 11.1 Å². The molecule has 0 unspecified atom stereocenters. The number of rotatable bonds is 6. The van der Waals surface area contributed by atoms with Gasteiger partial charge in [0.05, 0.1) is 19.8 Å². The van der Waals surface area contributed by atoms with Crippen LogP contribution in [0, 0.1) is 0 Å². The highest BCUT2D eigenvalue weighted by molar-refractivity contribution is 6.14. The van der Waals surface area contributed by atoms with Crippen molar-refractivity contribution < 1.29 is 34.9 Å².